The van der Waals surface area contributed by atoms with Crippen molar-refractivity contribution in [2.45, 2.75) is 18.6 Å². The van der Waals surface area contributed by atoms with Crippen molar-refractivity contribution in [1.82, 2.24) is 4.90 Å². The molecule has 1 fully saturated rings. The number of aliphatic hydroxyl groups excluding tert-OH is 2. The third-order valence-electron chi connectivity index (χ3n) is 3.10. The van der Waals surface area contributed by atoms with E-state index in [-0.39, 0.29) is 12.6 Å². The molecule has 0 unspecified atom stereocenters. The molecule has 2 N–H and O–H groups in total. The third kappa shape index (κ3) is 2.62. The molecular weight excluding hydrogens is 228 g/mol. The second-order valence-corrected chi connectivity index (χ2v) is 4.30. The number of hydrogen-bond donors (Lipinski definition) is 2. The molecule has 2 rings (SSSR count). The van der Waals surface area contributed by atoms with E-state index >= 15 is 0 Å². The van der Waals surface area contributed by atoms with E-state index in [9.17, 15) is 13.9 Å². The highest BCUT2D eigenvalue weighted by Gasteiger charge is 2.31. The Balaban J connectivity index is 2.22. The molecule has 1 aromatic carbocycles. The first kappa shape index (κ1) is 12.4. The molecule has 0 spiro atoms. The topological polar surface area (TPSA) is 43.7 Å². The quantitative estimate of drug-likeness (QED) is 0.834. The van der Waals surface area contributed by atoms with Gasteiger partial charge in [-0.1, -0.05) is 6.07 Å². The lowest BCUT2D eigenvalue weighted by atomic mass is 10.0. The van der Waals surface area contributed by atoms with E-state index < -0.39 is 17.7 Å². The number of aliphatic hydroxyl groups is 2. The highest BCUT2D eigenvalue weighted by molar-refractivity contribution is 5.22. The fraction of sp³-hybridized carbons (Fsp3) is 0.500. The number of benzene rings is 1. The van der Waals surface area contributed by atoms with Gasteiger partial charge in [0.2, 0.25) is 0 Å². The minimum atomic E-state index is -0.882. The summed E-state index contributed by atoms with van der Waals surface area (Å²) in [5.41, 5.74) is 0.633. The summed E-state index contributed by atoms with van der Waals surface area (Å²) in [7, 11) is 0. The molecule has 1 aliphatic heterocycles. The lowest BCUT2D eigenvalue weighted by Gasteiger charge is -2.23. The zero-order valence-corrected chi connectivity index (χ0v) is 9.31. The first-order valence-electron chi connectivity index (χ1n) is 5.59. The normalized spacial score (nSPS) is 25.4. The highest BCUT2D eigenvalue weighted by Crippen LogP contribution is 2.32. The van der Waals surface area contributed by atoms with E-state index in [4.69, 9.17) is 5.11 Å². The van der Waals surface area contributed by atoms with Gasteiger partial charge < -0.3 is 10.2 Å². The summed E-state index contributed by atoms with van der Waals surface area (Å²) in [6.45, 7) is 0.845. The number of rotatable bonds is 3. The minimum absolute atomic E-state index is 0.0209. The molecule has 1 aromatic rings. The van der Waals surface area contributed by atoms with E-state index in [0.29, 0.717) is 25.1 Å². The molecule has 2 atom stereocenters. The second-order valence-electron chi connectivity index (χ2n) is 4.30. The molecule has 1 saturated heterocycles. The van der Waals surface area contributed by atoms with Crippen molar-refractivity contribution in [1.29, 1.82) is 0 Å². The van der Waals surface area contributed by atoms with Gasteiger partial charge in [-0.15, -0.1) is 0 Å². The van der Waals surface area contributed by atoms with Gasteiger partial charge in [-0.3, -0.25) is 4.90 Å². The summed E-state index contributed by atoms with van der Waals surface area (Å²) < 4.78 is 26.0. The first-order valence-corrected chi connectivity index (χ1v) is 5.59. The predicted molar refractivity (Wildman–Crippen MR) is 58.4 cm³/mol. The summed E-state index contributed by atoms with van der Waals surface area (Å²) in [5.74, 6) is -1.76. The van der Waals surface area contributed by atoms with Gasteiger partial charge in [-0.05, 0) is 24.1 Å². The van der Waals surface area contributed by atoms with Crippen LogP contribution in [0.15, 0.2) is 18.2 Å². The van der Waals surface area contributed by atoms with Crippen molar-refractivity contribution in [3.05, 3.63) is 35.4 Å². The molecule has 0 aromatic heterocycles. The Bertz CT molecular complexity index is 400. The molecule has 0 radical (unpaired) electrons. The number of β-amino-alcohol motifs (C(OH)–C–C–N with tert-alkyl or cyclic N) is 2. The van der Waals surface area contributed by atoms with Gasteiger partial charge in [0.15, 0.2) is 11.6 Å². The van der Waals surface area contributed by atoms with Crippen LogP contribution >= 0.6 is 0 Å². The highest BCUT2D eigenvalue weighted by atomic mass is 19.2. The van der Waals surface area contributed by atoms with Crippen LogP contribution in [-0.2, 0) is 0 Å². The molecular formula is C12H15F2NO2. The van der Waals surface area contributed by atoms with E-state index in [1.54, 1.807) is 0 Å². The Labute approximate surface area is 98.3 Å². The molecule has 0 saturated carbocycles. The zero-order chi connectivity index (χ0) is 12.4. The van der Waals surface area contributed by atoms with Gasteiger partial charge in [-0.25, -0.2) is 8.78 Å². The van der Waals surface area contributed by atoms with Crippen LogP contribution in [0, 0.1) is 11.6 Å². The van der Waals surface area contributed by atoms with Crippen molar-refractivity contribution in [3.8, 4) is 0 Å². The van der Waals surface area contributed by atoms with E-state index in [1.807, 2.05) is 4.90 Å². The molecule has 0 aliphatic carbocycles. The van der Waals surface area contributed by atoms with Crippen LogP contribution in [-0.4, -0.2) is 40.9 Å². The maximum absolute atomic E-state index is 13.1. The maximum Gasteiger partial charge on any atom is 0.159 e. The van der Waals surface area contributed by atoms with E-state index in [1.165, 1.54) is 6.07 Å². The predicted octanol–water partition coefficient (Wildman–Crippen LogP) is 1.06. The first-order chi connectivity index (χ1) is 8.11. The molecule has 3 nitrogen and oxygen atoms in total. The molecule has 1 aliphatic rings. The van der Waals surface area contributed by atoms with Gasteiger partial charge in [0.1, 0.15) is 0 Å². The van der Waals surface area contributed by atoms with Crippen molar-refractivity contribution >= 4 is 0 Å². The maximum atomic E-state index is 13.1. The van der Waals surface area contributed by atoms with Crippen LogP contribution < -0.4 is 0 Å². The third-order valence-corrected chi connectivity index (χ3v) is 3.10. The van der Waals surface area contributed by atoms with Crippen LogP contribution in [0.3, 0.4) is 0 Å². The summed E-state index contributed by atoms with van der Waals surface area (Å²) in [6.07, 6.45) is -0.00917. The molecule has 94 valence electrons. The zero-order valence-electron chi connectivity index (χ0n) is 9.31. The van der Waals surface area contributed by atoms with Crippen molar-refractivity contribution in [3.63, 3.8) is 0 Å². The lowest BCUT2D eigenvalue weighted by molar-refractivity contribution is 0.156. The average molecular weight is 243 g/mol. The molecule has 1 heterocycles. The molecule has 17 heavy (non-hydrogen) atoms. The fourth-order valence-electron chi connectivity index (χ4n) is 2.32. The van der Waals surface area contributed by atoms with Gasteiger partial charge in [-0.2, -0.15) is 0 Å². The standard InChI is InChI=1S/C12H15F2NO2/c13-10-2-1-8(5-11(10)14)12-6-9(17)7-15(12)3-4-16/h1-2,5,9,12,16-17H,3-4,6-7H2/t9-,12-/m1/s1. The largest absolute Gasteiger partial charge is 0.395 e. The van der Waals surface area contributed by atoms with E-state index in [0.717, 1.165) is 12.1 Å². The van der Waals surface area contributed by atoms with Crippen molar-refractivity contribution < 1.29 is 19.0 Å². The van der Waals surface area contributed by atoms with Gasteiger partial charge >= 0.3 is 0 Å². The van der Waals surface area contributed by atoms with Crippen LogP contribution in [0.2, 0.25) is 0 Å². The van der Waals surface area contributed by atoms with Gasteiger partial charge in [0.05, 0.1) is 12.7 Å². The van der Waals surface area contributed by atoms with Crippen molar-refractivity contribution in [2.75, 3.05) is 19.7 Å². The monoisotopic (exact) mass is 243 g/mol. The van der Waals surface area contributed by atoms with Crippen molar-refractivity contribution in [2.24, 2.45) is 0 Å². The van der Waals surface area contributed by atoms with Gasteiger partial charge in [0.25, 0.3) is 0 Å². The number of halogens is 2. The molecule has 0 bridgehead atoms. The SMILES string of the molecule is OCCN1C[C@H](O)C[C@@H]1c1ccc(F)c(F)c1. The Morgan fingerprint density at radius 2 is 2.06 bits per heavy atom. The smallest absolute Gasteiger partial charge is 0.159 e. The lowest BCUT2D eigenvalue weighted by Crippen LogP contribution is -2.27. The van der Waals surface area contributed by atoms with Crippen LogP contribution in [0.5, 0.6) is 0 Å². The summed E-state index contributed by atoms with van der Waals surface area (Å²) in [6, 6.07) is 3.60. The summed E-state index contributed by atoms with van der Waals surface area (Å²) in [4.78, 5) is 1.87. The summed E-state index contributed by atoms with van der Waals surface area (Å²) >= 11 is 0. The van der Waals surface area contributed by atoms with Gasteiger partial charge in [0, 0.05) is 19.1 Å². The van der Waals surface area contributed by atoms with Crippen LogP contribution in [0.25, 0.3) is 0 Å². The van der Waals surface area contributed by atoms with Crippen LogP contribution in [0.4, 0.5) is 8.78 Å². The Hall–Kier alpha value is -1.04. The Kier molecular flexibility index (Phi) is 3.71. The molecule has 5 heteroatoms. The Morgan fingerprint density at radius 1 is 1.29 bits per heavy atom. The number of hydrogen-bond acceptors (Lipinski definition) is 3. The van der Waals surface area contributed by atoms with Crippen LogP contribution in [0.1, 0.15) is 18.0 Å². The second kappa shape index (κ2) is 5.08. The Morgan fingerprint density at radius 3 is 2.71 bits per heavy atom. The summed E-state index contributed by atoms with van der Waals surface area (Å²) in [5, 5.41) is 18.5. The molecule has 0 amide bonds. The fourth-order valence-corrected chi connectivity index (χ4v) is 2.32. The van der Waals surface area contributed by atoms with E-state index in [2.05, 4.69) is 0 Å². The minimum Gasteiger partial charge on any atom is -0.395 e. The number of nitrogens with zero attached hydrogens (tertiary/aromatic N) is 1. The number of likely N-dealkylation sites (tertiary alicyclic amines) is 1. The average Bonchev–Trinajstić information content (AvgIpc) is 2.64.